The molecule has 1 amide bonds. The van der Waals surface area contributed by atoms with Gasteiger partial charge in [0.05, 0.1) is 25.4 Å². The number of nitrogens with one attached hydrogen (secondary N) is 1. The molecule has 1 saturated heterocycles. The van der Waals surface area contributed by atoms with E-state index in [1.807, 2.05) is 0 Å². The summed E-state index contributed by atoms with van der Waals surface area (Å²) >= 11 is 0. The highest BCUT2D eigenvalue weighted by Gasteiger charge is 2.48. The molecule has 13 heteroatoms. The highest BCUT2D eigenvalue weighted by atomic mass is 32.3. The van der Waals surface area contributed by atoms with Crippen LogP contribution < -0.4 is 5.32 Å². The van der Waals surface area contributed by atoms with Crippen LogP contribution in [-0.2, 0) is 28.9 Å². The Labute approximate surface area is 373 Å². The molecule has 61 heavy (non-hydrogen) atoms. The number of amides is 1. The first-order valence-corrected chi connectivity index (χ1v) is 26.8. The van der Waals surface area contributed by atoms with Gasteiger partial charge in [-0.05, 0) is 12.8 Å². The summed E-state index contributed by atoms with van der Waals surface area (Å²) in [6.45, 7) is 3.47. The van der Waals surface area contributed by atoms with Crippen molar-refractivity contribution >= 4 is 16.3 Å². The fourth-order valence-corrected chi connectivity index (χ4v) is 8.97. The second-order valence-corrected chi connectivity index (χ2v) is 19.2. The van der Waals surface area contributed by atoms with E-state index in [2.05, 4.69) is 23.3 Å². The van der Waals surface area contributed by atoms with Crippen molar-refractivity contribution in [1.82, 2.24) is 5.32 Å². The van der Waals surface area contributed by atoms with Crippen molar-refractivity contribution in [3.63, 3.8) is 0 Å². The van der Waals surface area contributed by atoms with Gasteiger partial charge in [0, 0.05) is 6.42 Å². The minimum atomic E-state index is -5.07. The van der Waals surface area contributed by atoms with Crippen LogP contribution in [0.25, 0.3) is 0 Å². The molecule has 6 N–H and O–H groups in total. The van der Waals surface area contributed by atoms with Gasteiger partial charge in [-0.1, -0.05) is 226 Å². The fourth-order valence-electron chi connectivity index (χ4n) is 8.46. The molecule has 7 unspecified atom stereocenters. The molecule has 364 valence electrons. The molecule has 0 spiro atoms. The fraction of sp³-hybridized carbons (Fsp3) is 0.979. The largest absolute Gasteiger partial charge is 0.397 e. The van der Waals surface area contributed by atoms with Crippen molar-refractivity contribution in [3.8, 4) is 0 Å². The topological polar surface area (TPSA) is 192 Å². The normalized spacial score (nSPS) is 20.5. The molecule has 0 radical (unpaired) electrons. The van der Waals surface area contributed by atoms with Crippen LogP contribution in [0.3, 0.4) is 0 Å². The molecule has 12 nitrogen and oxygen atoms in total. The van der Waals surface area contributed by atoms with Crippen molar-refractivity contribution < 1.29 is 51.8 Å². The number of carbonyl (C=O) groups is 1. The lowest BCUT2D eigenvalue weighted by molar-refractivity contribution is -0.298. The van der Waals surface area contributed by atoms with Crippen LogP contribution in [0, 0.1) is 0 Å². The molecule has 1 rings (SSSR count). The molecule has 0 aromatic heterocycles. The number of carbonyl (C=O) groups excluding carboxylic acids is 1. The molecule has 1 aliphatic heterocycles. The predicted octanol–water partition coefficient (Wildman–Crippen LogP) is 10.6. The van der Waals surface area contributed by atoms with Gasteiger partial charge in [0.15, 0.2) is 6.29 Å². The Morgan fingerprint density at radius 3 is 1.31 bits per heavy atom. The lowest BCUT2D eigenvalue weighted by Gasteiger charge is -2.41. The summed E-state index contributed by atoms with van der Waals surface area (Å²) in [5.74, 6) is -0.225. The Kier molecular flexibility index (Phi) is 37.6. The van der Waals surface area contributed by atoms with Crippen molar-refractivity contribution in [3.05, 3.63) is 0 Å². The zero-order valence-corrected chi connectivity index (χ0v) is 39.8. The van der Waals surface area contributed by atoms with Crippen LogP contribution in [0.15, 0.2) is 0 Å². The Morgan fingerprint density at radius 1 is 0.590 bits per heavy atom. The zero-order chi connectivity index (χ0) is 44.8. The summed E-state index contributed by atoms with van der Waals surface area (Å²) in [6.07, 6.45) is 33.9. The summed E-state index contributed by atoms with van der Waals surface area (Å²) in [4.78, 5) is 13.1. The number of rotatable bonds is 44. The van der Waals surface area contributed by atoms with E-state index in [0.717, 1.165) is 51.4 Å². The molecule has 1 fully saturated rings. The van der Waals surface area contributed by atoms with E-state index >= 15 is 0 Å². The zero-order valence-electron chi connectivity index (χ0n) is 39.0. The van der Waals surface area contributed by atoms with E-state index < -0.39 is 59.9 Å². The van der Waals surface area contributed by atoms with Gasteiger partial charge < -0.3 is 35.2 Å². The third-order valence-corrected chi connectivity index (χ3v) is 12.9. The van der Waals surface area contributed by atoms with Crippen molar-refractivity contribution in [2.24, 2.45) is 0 Å². The van der Waals surface area contributed by atoms with E-state index in [9.17, 15) is 38.2 Å². The van der Waals surface area contributed by atoms with Crippen LogP contribution in [-0.4, -0.2) is 95.4 Å². The minimum Gasteiger partial charge on any atom is -0.394 e. The van der Waals surface area contributed by atoms with Gasteiger partial charge >= 0.3 is 10.4 Å². The van der Waals surface area contributed by atoms with E-state index in [0.29, 0.717) is 12.8 Å². The number of aliphatic hydroxyl groups excluding tert-OH is 4. The lowest BCUT2D eigenvalue weighted by Crippen LogP contribution is -2.61. The van der Waals surface area contributed by atoms with Gasteiger partial charge in [0.2, 0.25) is 5.91 Å². The second kappa shape index (κ2) is 39.5. The van der Waals surface area contributed by atoms with Gasteiger partial charge in [0.25, 0.3) is 0 Å². The standard InChI is InChI=1S/C48H95NO11S/c1-3-5-7-9-11-13-15-17-18-19-20-21-22-23-24-26-28-30-32-34-36-38-44(52)49-41(42(51)37-35-33-31-29-27-25-16-14-12-10-8-6-4-2)40-58-48-46(54)47(60-61(55,56)57)45(53)43(39-50)59-48/h41-43,45-48,50-51,53-54H,3-40H2,1-2H3,(H,49,52)(H,55,56,57). The minimum absolute atomic E-state index is 0.225. The maximum absolute atomic E-state index is 13.1. The maximum atomic E-state index is 13.1. The molecular weight excluding hydrogens is 799 g/mol. The van der Waals surface area contributed by atoms with Crippen molar-refractivity contribution in [2.75, 3.05) is 13.2 Å². The highest BCUT2D eigenvalue weighted by molar-refractivity contribution is 7.80. The number of ether oxygens (including phenoxy) is 2. The summed E-state index contributed by atoms with van der Waals surface area (Å²) in [5, 5.41) is 44.9. The molecule has 7 atom stereocenters. The van der Waals surface area contributed by atoms with Crippen molar-refractivity contribution in [2.45, 2.75) is 288 Å². The molecule has 0 bridgehead atoms. The van der Waals surface area contributed by atoms with Crippen LogP contribution >= 0.6 is 0 Å². The molecule has 1 aliphatic rings. The molecule has 0 aromatic carbocycles. The van der Waals surface area contributed by atoms with E-state index in [1.54, 1.807) is 0 Å². The summed E-state index contributed by atoms with van der Waals surface area (Å²) in [5.41, 5.74) is 0. The van der Waals surface area contributed by atoms with Gasteiger partial charge in [-0.3, -0.25) is 9.35 Å². The average Bonchev–Trinajstić information content (AvgIpc) is 3.23. The Morgan fingerprint density at radius 2 is 0.951 bits per heavy atom. The second-order valence-electron chi connectivity index (χ2n) is 18.1. The van der Waals surface area contributed by atoms with Crippen LogP contribution in [0.2, 0.25) is 0 Å². The van der Waals surface area contributed by atoms with E-state index in [4.69, 9.17) is 9.47 Å². The Balaban J connectivity index is 2.39. The van der Waals surface area contributed by atoms with Gasteiger partial charge in [-0.15, -0.1) is 0 Å². The van der Waals surface area contributed by atoms with E-state index in [-0.39, 0.29) is 12.5 Å². The van der Waals surface area contributed by atoms with Gasteiger partial charge in [-0.25, -0.2) is 4.18 Å². The summed E-state index contributed by atoms with van der Waals surface area (Å²) in [7, 11) is -5.07. The van der Waals surface area contributed by atoms with Crippen LogP contribution in [0.4, 0.5) is 0 Å². The number of unbranched alkanes of at least 4 members (excludes halogenated alkanes) is 32. The highest BCUT2D eigenvalue weighted by Crippen LogP contribution is 2.26. The quantitative estimate of drug-likeness (QED) is 0.0252. The smallest absolute Gasteiger partial charge is 0.394 e. The molecule has 1 heterocycles. The Hall–Kier alpha value is -0.900. The maximum Gasteiger partial charge on any atom is 0.397 e. The van der Waals surface area contributed by atoms with Crippen LogP contribution in [0.5, 0.6) is 0 Å². The SMILES string of the molecule is CCCCCCCCCCCCCCCCCCCCCCCC(=O)NC(COC1OC(CO)C(O)C(OS(=O)(=O)O)C1O)C(O)CCCCCCCCCCCCCCC. The molecular formula is C48H95NO11S. The van der Waals surface area contributed by atoms with Gasteiger partial charge in [0.1, 0.15) is 24.4 Å². The number of hydrogen-bond acceptors (Lipinski definition) is 10. The van der Waals surface area contributed by atoms with Gasteiger partial charge in [-0.2, -0.15) is 8.42 Å². The lowest BCUT2D eigenvalue weighted by atomic mass is 9.99. The monoisotopic (exact) mass is 894 g/mol. The number of aliphatic hydroxyl groups is 4. The molecule has 0 aliphatic carbocycles. The predicted molar refractivity (Wildman–Crippen MR) is 246 cm³/mol. The van der Waals surface area contributed by atoms with Crippen LogP contribution in [0.1, 0.15) is 245 Å². The first-order valence-electron chi connectivity index (χ1n) is 25.4. The average molecular weight is 894 g/mol. The van der Waals surface area contributed by atoms with Crippen molar-refractivity contribution in [1.29, 1.82) is 0 Å². The summed E-state index contributed by atoms with van der Waals surface area (Å²) in [6, 6.07) is -0.851. The first kappa shape index (κ1) is 58.1. The third kappa shape index (κ3) is 32.4. The first-order chi connectivity index (χ1) is 29.5. The number of hydrogen-bond donors (Lipinski definition) is 6. The molecule has 0 saturated carbocycles. The Bertz CT molecular complexity index is 1100. The summed E-state index contributed by atoms with van der Waals surface area (Å²) < 4.78 is 47.7. The third-order valence-electron chi connectivity index (χ3n) is 12.4. The van der Waals surface area contributed by atoms with E-state index in [1.165, 1.54) is 167 Å². The molecule has 0 aromatic rings.